The van der Waals surface area contributed by atoms with Crippen molar-refractivity contribution in [3.63, 3.8) is 0 Å². The van der Waals surface area contributed by atoms with Gasteiger partial charge in [0.05, 0.1) is 18.9 Å². The Morgan fingerprint density at radius 1 is 1.50 bits per heavy atom. The highest BCUT2D eigenvalue weighted by molar-refractivity contribution is 5.76. The van der Waals surface area contributed by atoms with E-state index in [-0.39, 0.29) is 12.0 Å². The van der Waals surface area contributed by atoms with Crippen molar-refractivity contribution in [3.8, 4) is 6.07 Å². The Kier molecular flexibility index (Phi) is 4.49. The molecule has 0 bridgehead atoms. The molecule has 1 aliphatic heterocycles. The highest BCUT2D eigenvalue weighted by atomic mass is 16.5. The van der Waals surface area contributed by atoms with Crippen molar-refractivity contribution in [2.75, 3.05) is 19.7 Å². The molecule has 1 fully saturated rings. The first kappa shape index (κ1) is 16.4. The molecular formula is C17H21N5O2. The van der Waals surface area contributed by atoms with Crippen molar-refractivity contribution in [3.05, 3.63) is 28.7 Å². The fourth-order valence-corrected chi connectivity index (χ4v) is 3.19. The van der Waals surface area contributed by atoms with Crippen molar-refractivity contribution >= 4 is 11.6 Å². The molecule has 3 heterocycles. The van der Waals surface area contributed by atoms with Crippen LogP contribution in [0.25, 0.3) is 5.65 Å². The number of rotatable bonds is 3. The van der Waals surface area contributed by atoms with Crippen LogP contribution in [0.15, 0.2) is 6.20 Å². The van der Waals surface area contributed by atoms with Crippen molar-refractivity contribution in [2.24, 2.45) is 0 Å². The number of ether oxygens (including phenoxy) is 1. The van der Waals surface area contributed by atoms with Crippen LogP contribution in [0.4, 0.5) is 0 Å². The molecule has 1 unspecified atom stereocenters. The number of carbonyl (C=O) groups is 1. The van der Waals surface area contributed by atoms with E-state index in [0.29, 0.717) is 43.7 Å². The molecule has 0 spiro atoms. The molecule has 3 rings (SSSR count). The van der Waals surface area contributed by atoms with E-state index in [0.717, 1.165) is 17.0 Å². The number of carbonyl (C=O) groups excluding carboxylic acids is 1. The van der Waals surface area contributed by atoms with E-state index >= 15 is 0 Å². The van der Waals surface area contributed by atoms with E-state index in [1.165, 1.54) is 6.20 Å². The van der Waals surface area contributed by atoms with Gasteiger partial charge in [-0.05, 0) is 32.8 Å². The van der Waals surface area contributed by atoms with Gasteiger partial charge in [0.2, 0.25) is 5.91 Å². The molecule has 7 nitrogen and oxygen atoms in total. The first-order valence-corrected chi connectivity index (χ1v) is 8.14. The summed E-state index contributed by atoms with van der Waals surface area (Å²) in [5.41, 5.74) is 3.84. The SMILES string of the molecule is Cc1nc2c(C#N)cnn2c(C)c1CCC(=O)N1CCOC(C)C1. The molecular weight excluding hydrogens is 306 g/mol. The minimum Gasteiger partial charge on any atom is -0.375 e. The minimum atomic E-state index is 0.0951. The topological polar surface area (TPSA) is 83.5 Å². The van der Waals surface area contributed by atoms with Crippen LogP contribution >= 0.6 is 0 Å². The Bertz CT molecular complexity index is 820. The number of hydrogen-bond acceptors (Lipinski definition) is 5. The van der Waals surface area contributed by atoms with Gasteiger partial charge >= 0.3 is 0 Å². The molecule has 126 valence electrons. The maximum Gasteiger partial charge on any atom is 0.223 e. The Morgan fingerprint density at radius 3 is 3.00 bits per heavy atom. The normalized spacial score (nSPS) is 17.9. The number of aryl methyl sites for hydroxylation is 2. The van der Waals surface area contributed by atoms with Crippen LogP contribution in [-0.4, -0.2) is 51.2 Å². The third-order valence-electron chi connectivity index (χ3n) is 4.51. The summed E-state index contributed by atoms with van der Waals surface area (Å²) in [7, 11) is 0. The molecule has 1 amide bonds. The van der Waals surface area contributed by atoms with Crippen LogP contribution < -0.4 is 0 Å². The zero-order chi connectivity index (χ0) is 17.3. The Hall–Kier alpha value is -2.46. The lowest BCUT2D eigenvalue weighted by Crippen LogP contribution is -2.44. The molecule has 1 aliphatic rings. The molecule has 2 aromatic heterocycles. The summed E-state index contributed by atoms with van der Waals surface area (Å²) in [6.45, 7) is 7.75. The lowest BCUT2D eigenvalue weighted by molar-refractivity contribution is -0.138. The minimum absolute atomic E-state index is 0.0951. The van der Waals surface area contributed by atoms with Gasteiger partial charge in [-0.25, -0.2) is 9.50 Å². The Balaban J connectivity index is 1.78. The Morgan fingerprint density at radius 2 is 2.29 bits per heavy atom. The van der Waals surface area contributed by atoms with Gasteiger partial charge in [0.15, 0.2) is 5.65 Å². The van der Waals surface area contributed by atoms with Gasteiger partial charge in [-0.2, -0.15) is 10.4 Å². The van der Waals surface area contributed by atoms with Gasteiger partial charge in [0.25, 0.3) is 0 Å². The summed E-state index contributed by atoms with van der Waals surface area (Å²) in [4.78, 5) is 18.8. The molecule has 0 radical (unpaired) electrons. The number of hydrogen-bond donors (Lipinski definition) is 0. The van der Waals surface area contributed by atoms with E-state index < -0.39 is 0 Å². The molecule has 0 N–H and O–H groups in total. The number of nitriles is 1. The monoisotopic (exact) mass is 327 g/mol. The highest BCUT2D eigenvalue weighted by Crippen LogP contribution is 2.19. The molecule has 0 saturated carbocycles. The average Bonchev–Trinajstić information content (AvgIpc) is 2.97. The zero-order valence-corrected chi connectivity index (χ0v) is 14.2. The molecule has 24 heavy (non-hydrogen) atoms. The maximum atomic E-state index is 12.4. The van der Waals surface area contributed by atoms with Crippen molar-refractivity contribution in [1.82, 2.24) is 19.5 Å². The van der Waals surface area contributed by atoms with E-state index in [4.69, 9.17) is 10.00 Å². The third kappa shape index (κ3) is 2.97. The molecule has 0 aliphatic carbocycles. The lowest BCUT2D eigenvalue weighted by Gasteiger charge is -2.31. The predicted octanol–water partition coefficient (Wildman–Crippen LogP) is 1.40. The number of morpholine rings is 1. The molecule has 7 heteroatoms. The summed E-state index contributed by atoms with van der Waals surface area (Å²) in [6.07, 6.45) is 2.68. The highest BCUT2D eigenvalue weighted by Gasteiger charge is 2.22. The average molecular weight is 327 g/mol. The summed E-state index contributed by atoms with van der Waals surface area (Å²) >= 11 is 0. The second-order valence-electron chi connectivity index (χ2n) is 6.19. The number of amides is 1. The summed E-state index contributed by atoms with van der Waals surface area (Å²) in [5.74, 6) is 0.141. The van der Waals surface area contributed by atoms with E-state index in [1.54, 1.807) is 4.52 Å². The van der Waals surface area contributed by atoms with Crippen LogP contribution in [0.2, 0.25) is 0 Å². The second-order valence-corrected chi connectivity index (χ2v) is 6.19. The molecule has 1 saturated heterocycles. The molecule has 1 atom stereocenters. The summed E-state index contributed by atoms with van der Waals surface area (Å²) < 4.78 is 7.16. The first-order valence-electron chi connectivity index (χ1n) is 8.14. The summed E-state index contributed by atoms with van der Waals surface area (Å²) in [6, 6.07) is 2.10. The smallest absolute Gasteiger partial charge is 0.223 e. The van der Waals surface area contributed by atoms with Crippen molar-refractivity contribution < 1.29 is 9.53 Å². The van der Waals surface area contributed by atoms with E-state index in [2.05, 4.69) is 16.2 Å². The molecule has 0 aromatic carbocycles. The maximum absolute atomic E-state index is 12.4. The van der Waals surface area contributed by atoms with Crippen molar-refractivity contribution in [1.29, 1.82) is 5.26 Å². The van der Waals surface area contributed by atoms with Crippen LogP contribution in [-0.2, 0) is 16.0 Å². The van der Waals surface area contributed by atoms with Crippen LogP contribution in [0, 0.1) is 25.2 Å². The fraction of sp³-hybridized carbons (Fsp3) is 0.529. The predicted molar refractivity (Wildman–Crippen MR) is 87.5 cm³/mol. The summed E-state index contributed by atoms with van der Waals surface area (Å²) in [5, 5.41) is 13.4. The number of nitrogens with zero attached hydrogens (tertiary/aromatic N) is 5. The van der Waals surface area contributed by atoms with Gasteiger partial charge in [0, 0.05) is 30.9 Å². The third-order valence-corrected chi connectivity index (χ3v) is 4.51. The van der Waals surface area contributed by atoms with Gasteiger partial charge in [-0.3, -0.25) is 4.79 Å². The van der Waals surface area contributed by atoms with Gasteiger partial charge in [-0.15, -0.1) is 0 Å². The largest absolute Gasteiger partial charge is 0.375 e. The van der Waals surface area contributed by atoms with Crippen LogP contribution in [0.5, 0.6) is 0 Å². The van der Waals surface area contributed by atoms with E-state index in [1.807, 2.05) is 25.7 Å². The van der Waals surface area contributed by atoms with Gasteiger partial charge in [0.1, 0.15) is 11.6 Å². The fourth-order valence-electron chi connectivity index (χ4n) is 3.19. The Labute approximate surface area is 140 Å². The van der Waals surface area contributed by atoms with Crippen molar-refractivity contribution in [2.45, 2.75) is 39.7 Å². The number of fused-ring (bicyclic) bond motifs is 1. The van der Waals surface area contributed by atoms with Gasteiger partial charge < -0.3 is 9.64 Å². The first-order chi connectivity index (χ1) is 11.5. The standard InChI is InChI=1S/C17H21N5O2/c1-11-10-21(6-7-24-11)16(23)5-4-15-12(2)20-17-14(8-18)9-19-22(17)13(15)3/h9,11H,4-7,10H2,1-3H3. The van der Waals surface area contributed by atoms with Crippen LogP contribution in [0.1, 0.15) is 35.9 Å². The van der Waals surface area contributed by atoms with Crippen LogP contribution in [0.3, 0.4) is 0 Å². The molecule has 2 aromatic rings. The van der Waals surface area contributed by atoms with E-state index in [9.17, 15) is 4.79 Å². The quantitative estimate of drug-likeness (QED) is 0.851. The lowest BCUT2D eigenvalue weighted by atomic mass is 10.1. The second kappa shape index (κ2) is 6.57. The number of aromatic nitrogens is 3. The van der Waals surface area contributed by atoms with Gasteiger partial charge in [-0.1, -0.05) is 0 Å². The zero-order valence-electron chi connectivity index (χ0n) is 14.2.